The van der Waals surface area contributed by atoms with Crippen LogP contribution in [0.1, 0.15) is 49.9 Å². The molecule has 0 saturated heterocycles. The Balaban J connectivity index is 2.07. The smallest absolute Gasteiger partial charge is 0.257 e. The first kappa shape index (κ1) is 9.61. The second-order valence-electron chi connectivity index (χ2n) is 3.78. The van der Waals surface area contributed by atoms with Crippen LogP contribution in [0, 0.1) is 0 Å². The molecule has 1 saturated carbocycles. The van der Waals surface area contributed by atoms with Crippen molar-refractivity contribution < 1.29 is 9.63 Å². The van der Waals surface area contributed by atoms with Crippen LogP contribution in [0.15, 0.2) is 4.52 Å². The van der Waals surface area contributed by atoms with Crippen molar-refractivity contribution in [3.05, 3.63) is 11.7 Å². The van der Waals surface area contributed by atoms with Crippen LogP contribution in [0.25, 0.3) is 0 Å². The minimum absolute atomic E-state index is 0.251. The lowest BCUT2D eigenvalue weighted by Crippen LogP contribution is -2.27. The molecule has 1 aliphatic rings. The first-order chi connectivity index (χ1) is 6.72. The van der Waals surface area contributed by atoms with Crippen LogP contribution in [0.2, 0.25) is 0 Å². The van der Waals surface area contributed by atoms with Crippen molar-refractivity contribution in [2.45, 2.75) is 44.2 Å². The van der Waals surface area contributed by atoms with Crippen molar-refractivity contribution in [1.29, 1.82) is 0 Å². The third-order valence-corrected chi connectivity index (χ3v) is 2.53. The fourth-order valence-corrected chi connectivity index (χ4v) is 1.28. The highest BCUT2D eigenvalue weighted by molar-refractivity contribution is 5.04. The van der Waals surface area contributed by atoms with Gasteiger partial charge in [-0.2, -0.15) is 4.98 Å². The minimum Gasteiger partial charge on any atom is -0.382 e. The summed E-state index contributed by atoms with van der Waals surface area (Å²) in [6.45, 7) is 1.91. The zero-order valence-corrected chi connectivity index (χ0v) is 8.18. The van der Waals surface area contributed by atoms with E-state index >= 15 is 0 Å². The lowest BCUT2D eigenvalue weighted by molar-refractivity contribution is 0.105. The Morgan fingerprint density at radius 3 is 2.93 bits per heavy atom. The lowest BCUT2D eigenvalue weighted by atomic mass is 10.1. The Morgan fingerprint density at radius 2 is 2.36 bits per heavy atom. The molecule has 1 aromatic rings. The maximum Gasteiger partial charge on any atom is 0.257 e. The predicted octanol–water partition coefficient (Wildman–Crippen LogP) is 0.718. The summed E-state index contributed by atoms with van der Waals surface area (Å²) in [4.78, 5) is 4.13. The molecule has 2 rings (SSSR count). The average Bonchev–Trinajstić information content (AvgIpc) is 2.94. The predicted molar refractivity (Wildman–Crippen MR) is 49.5 cm³/mol. The second kappa shape index (κ2) is 3.67. The zero-order chi connectivity index (χ0) is 10.1. The van der Waals surface area contributed by atoms with Gasteiger partial charge in [-0.25, -0.2) is 0 Å². The van der Waals surface area contributed by atoms with E-state index in [1.54, 1.807) is 0 Å². The molecule has 0 amide bonds. The fourth-order valence-electron chi connectivity index (χ4n) is 1.28. The number of nitrogens with zero attached hydrogens (tertiary/aromatic N) is 2. The molecule has 1 aliphatic carbocycles. The number of aliphatic hydroxyl groups is 1. The third-order valence-electron chi connectivity index (χ3n) is 2.53. The van der Waals surface area contributed by atoms with Gasteiger partial charge in [-0.3, -0.25) is 0 Å². The van der Waals surface area contributed by atoms with E-state index < -0.39 is 6.10 Å². The van der Waals surface area contributed by atoms with Crippen molar-refractivity contribution >= 4 is 0 Å². The molecule has 14 heavy (non-hydrogen) atoms. The SMILES string of the molecule is CCC(N)C(O)c1nc(C2CC2)no1. The minimum atomic E-state index is -0.833. The largest absolute Gasteiger partial charge is 0.382 e. The highest BCUT2D eigenvalue weighted by Gasteiger charge is 2.30. The number of nitrogens with two attached hydrogens (primary N) is 1. The molecule has 0 aliphatic heterocycles. The number of hydrogen-bond acceptors (Lipinski definition) is 5. The van der Waals surface area contributed by atoms with Crippen molar-refractivity contribution in [3.8, 4) is 0 Å². The van der Waals surface area contributed by atoms with Gasteiger partial charge < -0.3 is 15.4 Å². The Labute approximate surface area is 82.3 Å². The average molecular weight is 197 g/mol. The second-order valence-corrected chi connectivity index (χ2v) is 3.78. The zero-order valence-electron chi connectivity index (χ0n) is 8.18. The first-order valence-electron chi connectivity index (χ1n) is 4.99. The molecule has 0 spiro atoms. The molecular weight excluding hydrogens is 182 g/mol. The number of hydrogen-bond donors (Lipinski definition) is 2. The van der Waals surface area contributed by atoms with Gasteiger partial charge in [-0.15, -0.1) is 0 Å². The van der Waals surface area contributed by atoms with E-state index in [4.69, 9.17) is 10.3 Å². The summed E-state index contributed by atoms with van der Waals surface area (Å²) in [5.74, 6) is 1.40. The summed E-state index contributed by atoms with van der Waals surface area (Å²) in [6, 6.07) is -0.331. The van der Waals surface area contributed by atoms with E-state index in [1.807, 2.05) is 6.92 Å². The monoisotopic (exact) mass is 197 g/mol. The van der Waals surface area contributed by atoms with Gasteiger partial charge in [0.25, 0.3) is 5.89 Å². The molecule has 1 fully saturated rings. The Kier molecular flexibility index (Phi) is 2.52. The van der Waals surface area contributed by atoms with Crippen LogP contribution in [-0.4, -0.2) is 21.3 Å². The van der Waals surface area contributed by atoms with E-state index in [0.29, 0.717) is 18.2 Å². The molecular formula is C9H15N3O2. The first-order valence-corrected chi connectivity index (χ1v) is 4.99. The standard InChI is InChI=1S/C9H15N3O2/c1-2-6(10)7(13)9-11-8(12-14-9)5-3-4-5/h5-7,13H,2-4,10H2,1H3. The molecule has 78 valence electrons. The third kappa shape index (κ3) is 1.78. The summed E-state index contributed by atoms with van der Waals surface area (Å²) < 4.78 is 4.96. The molecule has 1 heterocycles. The van der Waals surface area contributed by atoms with Gasteiger partial charge in [0.1, 0.15) is 6.10 Å². The van der Waals surface area contributed by atoms with Crippen molar-refractivity contribution in [3.63, 3.8) is 0 Å². The molecule has 3 N–H and O–H groups in total. The maximum absolute atomic E-state index is 9.68. The Hall–Kier alpha value is -0.940. The molecule has 0 bridgehead atoms. The molecule has 5 nitrogen and oxygen atoms in total. The summed E-state index contributed by atoms with van der Waals surface area (Å²) in [5.41, 5.74) is 5.67. The van der Waals surface area contributed by atoms with Gasteiger partial charge in [0, 0.05) is 12.0 Å². The van der Waals surface area contributed by atoms with Crippen LogP contribution >= 0.6 is 0 Å². The normalized spacial score (nSPS) is 20.8. The van der Waals surface area contributed by atoms with Gasteiger partial charge in [0.05, 0.1) is 0 Å². The van der Waals surface area contributed by atoms with E-state index in [-0.39, 0.29) is 11.9 Å². The van der Waals surface area contributed by atoms with Crippen molar-refractivity contribution in [1.82, 2.24) is 10.1 Å². The highest BCUT2D eigenvalue weighted by atomic mass is 16.5. The number of aliphatic hydroxyl groups excluding tert-OH is 1. The van der Waals surface area contributed by atoms with E-state index in [0.717, 1.165) is 12.8 Å². The van der Waals surface area contributed by atoms with Crippen molar-refractivity contribution in [2.75, 3.05) is 0 Å². The van der Waals surface area contributed by atoms with Gasteiger partial charge in [-0.05, 0) is 19.3 Å². The van der Waals surface area contributed by atoms with Gasteiger partial charge >= 0.3 is 0 Å². The van der Waals surface area contributed by atoms with Crippen LogP contribution in [0.3, 0.4) is 0 Å². The topological polar surface area (TPSA) is 85.2 Å². The van der Waals surface area contributed by atoms with Crippen LogP contribution in [0.4, 0.5) is 0 Å². The summed E-state index contributed by atoms with van der Waals surface area (Å²) in [5, 5.41) is 13.5. The molecule has 0 aromatic carbocycles. The van der Waals surface area contributed by atoms with E-state index in [9.17, 15) is 5.11 Å². The molecule has 1 aromatic heterocycles. The van der Waals surface area contributed by atoms with Gasteiger partial charge in [0.2, 0.25) is 0 Å². The molecule has 2 unspecified atom stereocenters. The highest BCUT2D eigenvalue weighted by Crippen LogP contribution is 2.38. The van der Waals surface area contributed by atoms with Crippen LogP contribution in [0.5, 0.6) is 0 Å². The van der Waals surface area contributed by atoms with Crippen molar-refractivity contribution in [2.24, 2.45) is 5.73 Å². The quantitative estimate of drug-likeness (QED) is 0.742. The van der Waals surface area contributed by atoms with Crippen LogP contribution < -0.4 is 5.73 Å². The summed E-state index contributed by atoms with van der Waals surface area (Å²) in [7, 11) is 0. The van der Waals surface area contributed by atoms with Crippen LogP contribution in [-0.2, 0) is 0 Å². The number of rotatable bonds is 4. The summed E-state index contributed by atoms with van der Waals surface area (Å²) in [6.07, 6.45) is 2.09. The fraction of sp³-hybridized carbons (Fsp3) is 0.778. The molecule has 0 radical (unpaired) electrons. The number of aromatic nitrogens is 2. The van der Waals surface area contributed by atoms with E-state index in [2.05, 4.69) is 10.1 Å². The summed E-state index contributed by atoms with van der Waals surface area (Å²) >= 11 is 0. The lowest BCUT2D eigenvalue weighted by Gasteiger charge is -2.11. The van der Waals surface area contributed by atoms with Gasteiger partial charge in [-0.1, -0.05) is 12.1 Å². The molecule has 5 heteroatoms. The molecule has 2 atom stereocenters. The Morgan fingerprint density at radius 1 is 1.64 bits per heavy atom. The van der Waals surface area contributed by atoms with E-state index in [1.165, 1.54) is 0 Å². The van der Waals surface area contributed by atoms with Gasteiger partial charge in [0.15, 0.2) is 5.82 Å². The maximum atomic E-state index is 9.68. The Bertz CT molecular complexity index is 309.